The van der Waals surface area contributed by atoms with Gasteiger partial charge in [0.05, 0.1) is 29.7 Å². The van der Waals surface area contributed by atoms with Crippen LogP contribution < -0.4 is 0 Å². The summed E-state index contributed by atoms with van der Waals surface area (Å²) in [6.45, 7) is 3.88. The summed E-state index contributed by atoms with van der Waals surface area (Å²) < 4.78 is 11.4. The monoisotopic (exact) mass is 293 g/mol. The Bertz CT molecular complexity index is 690. The fraction of sp³-hybridized carbons (Fsp3) is 0.286. The molecular weight excluding hydrogens is 278 g/mol. The number of hydrogen-bond donors (Lipinski definition) is 1. The second-order valence-corrected chi connectivity index (χ2v) is 4.69. The van der Waals surface area contributed by atoms with Crippen LogP contribution >= 0.6 is 12.6 Å². The number of esters is 2. The summed E-state index contributed by atoms with van der Waals surface area (Å²) in [5.41, 5.74) is 2.03. The number of aromatic nitrogens is 1. The zero-order valence-electron chi connectivity index (χ0n) is 11.5. The van der Waals surface area contributed by atoms with E-state index in [1.165, 1.54) is 7.11 Å². The van der Waals surface area contributed by atoms with Gasteiger partial charge < -0.3 is 13.9 Å². The number of methoxy groups -OCH3 is 1. The molecule has 0 aliphatic rings. The predicted octanol–water partition coefficient (Wildman–Crippen LogP) is 2.50. The molecule has 0 saturated heterocycles. The van der Waals surface area contributed by atoms with Crippen molar-refractivity contribution < 1.29 is 19.1 Å². The first-order chi connectivity index (χ1) is 9.51. The molecule has 106 valence electrons. The fourth-order valence-electron chi connectivity index (χ4n) is 2.04. The molecule has 20 heavy (non-hydrogen) atoms. The smallest absolute Gasteiger partial charge is 0.356 e. The van der Waals surface area contributed by atoms with Gasteiger partial charge in [-0.05, 0) is 31.5 Å². The first-order valence-electron chi connectivity index (χ1n) is 6.10. The average Bonchev–Trinajstić information content (AvgIpc) is 2.69. The van der Waals surface area contributed by atoms with Gasteiger partial charge in [0.25, 0.3) is 0 Å². The van der Waals surface area contributed by atoms with E-state index in [9.17, 15) is 9.59 Å². The topological polar surface area (TPSA) is 57.0 Å². The number of ether oxygens (including phenoxy) is 2. The van der Waals surface area contributed by atoms with Gasteiger partial charge in [0.1, 0.15) is 5.69 Å². The largest absolute Gasteiger partial charge is 0.464 e. The molecule has 0 aliphatic carbocycles. The SMILES string of the molecule is CCOC(=O)c1c(S)c(C(=O)OC)n2ccc(C)cc12. The van der Waals surface area contributed by atoms with Crippen LogP contribution in [0.15, 0.2) is 23.2 Å². The Morgan fingerprint density at radius 3 is 2.65 bits per heavy atom. The molecule has 2 heterocycles. The molecule has 0 spiro atoms. The third-order valence-corrected chi connectivity index (χ3v) is 3.36. The molecule has 0 saturated carbocycles. The molecule has 0 radical (unpaired) electrons. The van der Waals surface area contributed by atoms with E-state index in [-0.39, 0.29) is 22.8 Å². The van der Waals surface area contributed by atoms with E-state index in [2.05, 4.69) is 12.6 Å². The zero-order chi connectivity index (χ0) is 14.9. The first kappa shape index (κ1) is 14.5. The second-order valence-electron chi connectivity index (χ2n) is 4.24. The van der Waals surface area contributed by atoms with E-state index < -0.39 is 11.9 Å². The van der Waals surface area contributed by atoms with Crippen molar-refractivity contribution in [1.29, 1.82) is 0 Å². The number of carbonyl (C=O) groups is 2. The maximum absolute atomic E-state index is 12.1. The Balaban J connectivity index is 2.79. The van der Waals surface area contributed by atoms with Gasteiger partial charge in [0.2, 0.25) is 0 Å². The van der Waals surface area contributed by atoms with Crippen LogP contribution in [0.1, 0.15) is 33.3 Å². The molecule has 2 rings (SSSR count). The summed E-state index contributed by atoms with van der Waals surface area (Å²) in [4.78, 5) is 24.2. The van der Waals surface area contributed by atoms with E-state index in [1.54, 1.807) is 23.6 Å². The summed E-state index contributed by atoms with van der Waals surface area (Å²) >= 11 is 4.31. The van der Waals surface area contributed by atoms with Gasteiger partial charge in [-0.25, -0.2) is 9.59 Å². The second kappa shape index (κ2) is 5.58. The number of aryl methyl sites for hydroxylation is 1. The minimum absolute atomic E-state index is 0.217. The minimum Gasteiger partial charge on any atom is -0.464 e. The van der Waals surface area contributed by atoms with E-state index >= 15 is 0 Å². The highest BCUT2D eigenvalue weighted by atomic mass is 32.1. The Labute approximate surface area is 121 Å². The lowest BCUT2D eigenvalue weighted by Gasteiger charge is -2.02. The van der Waals surface area contributed by atoms with Crippen LogP contribution in [0.2, 0.25) is 0 Å². The Hall–Kier alpha value is -1.95. The third-order valence-electron chi connectivity index (χ3n) is 2.93. The van der Waals surface area contributed by atoms with Crippen molar-refractivity contribution >= 4 is 30.1 Å². The summed E-state index contributed by atoms with van der Waals surface area (Å²) in [6, 6.07) is 3.64. The van der Waals surface area contributed by atoms with Gasteiger partial charge in [-0.2, -0.15) is 0 Å². The Morgan fingerprint density at radius 1 is 1.35 bits per heavy atom. The molecule has 2 aromatic rings. The van der Waals surface area contributed by atoms with E-state index in [0.717, 1.165) is 5.56 Å². The van der Waals surface area contributed by atoms with Crippen LogP contribution in [0.25, 0.3) is 5.52 Å². The molecule has 0 bridgehead atoms. The van der Waals surface area contributed by atoms with Gasteiger partial charge >= 0.3 is 11.9 Å². The predicted molar refractivity (Wildman–Crippen MR) is 76.7 cm³/mol. The molecular formula is C14H15NO4S. The molecule has 0 amide bonds. The number of hydrogen-bond acceptors (Lipinski definition) is 5. The van der Waals surface area contributed by atoms with E-state index in [1.807, 2.05) is 13.0 Å². The summed E-state index contributed by atoms with van der Waals surface area (Å²) in [5.74, 6) is -1.06. The van der Waals surface area contributed by atoms with Crippen LogP contribution in [-0.4, -0.2) is 30.1 Å². The number of thiol groups is 1. The molecule has 0 atom stereocenters. The molecule has 0 N–H and O–H groups in total. The summed E-state index contributed by atoms with van der Waals surface area (Å²) in [5, 5.41) is 0. The maximum Gasteiger partial charge on any atom is 0.356 e. The number of carbonyl (C=O) groups excluding carboxylic acids is 2. The molecule has 0 aliphatic heterocycles. The van der Waals surface area contributed by atoms with Crippen molar-refractivity contribution in [1.82, 2.24) is 4.40 Å². The van der Waals surface area contributed by atoms with Gasteiger partial charge in [-0.3, -0.25) is 0 Å². The maximum atomic E-state index is 12.1. The Kier molecular flexibility index (Phi) is 4.04. The van der Waals surface area contributed by atoms with Crippen molar-refractivity contribution in [2.75, 3.05) is 13.7 Å². The third kappa shape index (κ3) is 2.27. The number of pyridine rings is 1. The highest BCUT2D eigenvalue weighted by molar-refractivity contribution is 7.80. The van der Waals surface area contributed by atoms with Crippen LogP contribution in [0.5, 0.6) is 0 Å². The normalized spacial score (nSPS) is 10.6. The molecule has 0 fully saturated rings. The van der Waals surface area contributed by atoms with Crippen LogP contribution in [0.3, 0.4) is 0 Å². The number of fused-ring (bicyclic) bond motifs is 1. The van der Waals surface area contributed by atoms with Crippen LogP contribution in [0.4, 0.5) is 0 Å². The molecule has 0 unspecified atom stereocenters. The lowest BCUT2D eigenvalue weighted by molar-refractivity contribution is 0.0525. The van der Waals surface area contributed by atoms with Crippen molar-refractivity contribution in [2.24, 2.45) is 0 Å². The lowest BCUT2D eigenvalue weighted by atomic mass is 10.2. The standard InChI is InChI=1S/C14H15NO4S/c1-4-19-13(16)10-9-7-8(2)5-6-15(9)11(12(10)20)14(17)18-3/h5-7,20H,4H2,1-3H3. The quantitative estimate of drug-likeness (QED) is 0.698. The Morgan fingerprint density at radius 2 is 2.05 bits per heavy atom. The van der Waals surface area contributed by atoms with Gasteiger partial charge in [-0.1, -0.05) is 0 Å². The minimum atomic E-state index is -0.551. The van der Waals surface area contributed by atoms with Crippen LogP contribution in [-0.2, 0) is 9.47 Å². The van der Waals surface area contributed by atoms with Gasteiger partial charge in [0.15, 0.2) is 0 Å². The number of nitrogens with zero attached hydrogens (tertiary/aromatic N) is 1. The van der Waals surface area contributed by atoms with Crippen molar-refractivity contribution in [3.05, 3.63) is 35.2 Å². The molecule has 0 aromatic carbocycles. The van der Waals surface area contributed by atoms with Gasteiger partial charge in [0, 0.05) is 6.20 Å². The zero-order valence-corrected chi connectivity index (χ0v) is 12.4. The van der Waals surface area contributed by atoms with Crippen LogP contribution in [0, 0.1) is 6.92 Å². The highest BCUT2D eigenvalue weighted by Gasteiger charge is 2.26. The number of rotatable bonds is 3. The fourth-order valence-corrected chi connectivity index (χ4v) is 2.45. The molecule has 5 nitrogen and oxygen atoms in total. The van der Waals surface area contributed by atoms with Crippen molar-refractivity contribution in [3.8, 4) is 0 Å². The molecule has 2 aromatic heterocycles. The average molecular weight is 293 g/mol. The van der Waals surface area contributed by atoms with Crippen molar-refractivity contribution in [2.45, 2.75) is 18.7 Å². The van der Waals surface area contributed by atoms with Crippen molar-refractivity contribution in [3.63, 3.8) is 0 Å². The summed E-state index contributed by atoms with van der Waals surface area (Å²) in [7, 11) is 1.28. The lowest BCUT2D eigenvalue weighted by Crippen LogP contribution is -2.06. The van der Waals surface area contributed by atoms with E-state index in [0.29, 0.717) is 5.52 Å². The highest BCUT2D eigenvalue weighted by Crippen LogP contribution is 2.29. The molecule has 6 heteroatoms. The first-order valence-corrected chi connectivity index (χ1v) is 6.55. The summed E-state index contributed by atoms with van der Waals surface area (Å²) in [6.07, 6.45) is 1.71. The van der Waals surface area contributed by atoms with Gasteiger partial charge in [-0.15, -0.1) is 12.6 Å². The van der Waals surface area contributed by atoms with E-state index in [4.69, 9.17) is 9.47 Å².